The van der Waals surface area contributed by atoms with E-state index < -0.39 is 35.7 Å². The highest BCUT2D eigenvalue weighted by atomic mass is 19.3. The number of rotatable bonds is 5. The smallest absolute Gasteiger partial charge is 0.387 e. The molecule has 5 nitrogen and oxygen atoms in total. The quantitative estimate of drug-likeness (QED) is 0.803. The normalized spacial score (nSPS) is 23.4. The second kappa shape index (κ2) is 6.84. The average molecular weight is 348 g/mol. The third-order valence-electron chi connectivity index (χ3n) is 4.02. The number of benzene rings is 1. The van der Waals surface area contributed by atoms with Crippen LogP contribution in [0.2, 0.25) is 0 Å². The average Bonchev–Trinajstić information content (AvgIpc) is 3.24. The molecular formula is C15H16F4N2O3. The second-order valence-electron chi connectivity index (χ2n) is 5.81. The first-order chi connectivity index (χ1) is 11.4. The lowest BCUT2D eigenvalue weighted by atomic mass is 10.1. The Labute approximate surface area is 135 Å². The minimum Gasteiger partial charge on any atom is -0.432 e. The highest BCUT2D eigenvalue weighted by Crippen LogP contribution is 2.38. The molecule has 132 valence electrons. The number of carbonyl (C=O) groups excluding carboxylic acids is 1. The maximum absolute atomic E-state index is 13.8. The molecule has 1 aliphatic heterocycles. The zero-order valence-electron chi connectivity index (χ0n) is 12.5. The lowest BCUT2D eigenvalue weighted by Crippen LogP contribution is -2.43. The Morgan fingerprint density at radius 3 is 2.62 bits per heavy atom. The van der Waals surface area contributed by atoms with Gasteiger partial charge in [0.05, 0.1) is 17.8 Å². The first kappa shape index (κ1) is 16.8. The van der Waals surface area contributed by atoms with Crippen LogP contribution >= 0.6 is 0 Å². The van der Waals surface area contributed by atoms with Gasteiger partial charge in [0, 0.05) is 18.7 Å². The van der Waals surface area contributed by atoms with E-state index in [4.69, 9.17) is 4.74 Å². The van der Waals surface area contributed by atoms with Crippen LogP contribution in [0.4, 0.5) is 28.0 Å². The van der Waals surface area contributed by atoms with Crippen molar-refractivity contribution in [2.45, 2.75) is 38.0 Å². The first-order valence-corrected chi connectivity index (χ1v) is 7.57. The predicted octanol–water partition coefficient (Wildman–Crippen LogP) is 3.26. The van der Waals surface area contributed by atoms with E-state index in [2.05, 4.69) is 15.4 Å². The van der Waals surface area contributed by atoms with Gasteiger partial charge in [-0.05, 0) is 25.2 Å². The zero-order valence-corrected chi connectivity index (χ0v) is 12.5. The molecule has 1 aromatic rings. The van der Waals surface area contributed by atoms with Gasteiger partial charge >= 0.3 is 12.6 Å². The summed E-state index contributed by atoms with van der Waals surface area (Å²) >= 11 is 0. The van der Waals surface area contributed by atoms with Crippen molar-refractivity contribution < 1.29 is 31.8 Å². The minimum absolute atomic E-state index is 0.0563. The van der Waals surface area contributed by atoms with Gasteiger partial charge in [-0.25, -0.2) is 13.6 Å². The van der Waals surface area contributed by atoms with Gasteiger partial charge in [0.15, 0.2) is 17.4 Å². The predicted molar refractivity (Wildman–Crippen MR) is 76.0 cm³/mol. The van der Waals surface area contributed by atoms with Crippen LogP contribution in [-0.2, 0) is 4.74 Å². The summed E-state index contributed by atoms with van der Waals surface area (Å²) < 4.78 is 61.0. The molecule has 3 rings (SSSR count). The highest BCUT2D eigenvalue weighted by molar-refractivity contribution is 5.89. The van der Waals surface area contributed by atoms with E-state index in [-0.39, 0.29) is 12.1 Å². The number of hydrogen-bond acceptors (Lipinski definition) is 3. The molecule has 2 aliphatic rings. The van der Waals surface area contributed by atoms with E-state index >= 15 is 0 Å². The third kappa shape index (κ3) is 3.89. The van der Waals surface area contributed by atoms with Crippen LogP contribution in [0.5, 0.6) is 5.75 Å². The second-order valence-corrected chi connectivity index (χ2v) is 5.81. The Morgan fingerprint density at radius 1 is 1.21 bits per heavy atom. The van der Waals surface area contributed by atoms with Gasteiger partial charge in [-0.2, -0.15) is 8.78 Å². The molecule has 0 aromatic heterocycles. The van der Waals surface area contributed by atoms with Crippen molar-refractivity contribution in [3.05, 3.63) is 23.8 Å². The summed E-state index contributed by atoms with van der Waals surface area (Å²) in [5.74, 6) is -2.78. The van der Waals surface area contributed by atoms with E-state index in [1.165, 1.54) is 0 Å². The van der Waals surface area contributed by atoms with Crippen LogP contribution in [0.1, 0.15) is 19.3 Å². The Hall–Kier alpha value is -2.03. The molecule has 2 atom stereocenters. The molecule has 1 aliphatic carbocycles. The van der Waals surface area contributed by atoms with Crippen LogP contribution < -0.4 is 15.4 Å². The van der Waals surface area contributed by atoms with E-state index in [0.717, 1.165) is 12.8 Å². The SMILES string of the molecule is O=C(Nc1cc(F)c(OC(F)F)cc1F)N[C@H]1CCO[C@@H]1C1CC1. The molecule has 2 fully saturated rings. The van der Waals surface area contributed by atoms with Crippen molar-refractivity contribution in [1.29, 1.82) is 0 Å². The van der Waals surface area contributed by atoms with Gasteiger partial charge in [0.25, 0.3) is 0 Å². The van der Waals surface area contributed by atoms with Crippen LogP contribution in [0, 0.1) is 17.6 Å². The van der Waals surface area contributed by atoms with Crippen molar-refractivity contribution >= 4 is 11.7 Å². The number of amides is 2. The maximum Gasteiger partial charge on any atom is 0.387 e. The Balaban J connectivity index is 1.62. The maximum atomic E-state index is 13.8. The molecule has 2 amide bonds. The van der Waals surface area contributed by atoms with Gasteiger partial charge in [-0.3, -0.25) is 0 Å². The third-order valence-corrected chi connectivity index (χ3v) is 4.02. The zero-order chi connectivity index (χ0) is 17.3. The standard InChI is InChI=1S/C15H16F4N2O3/c16-8-6-12(24-14(18)19)9(17)5-11(8)21-15(22)20-10-3-4-23-13(10)7-1-2-7/h5-7,10,13-14H,1-4H2,(H2,20,21,22)/t10-,13+/m0/s1. The van der Waals surface area contributed by atoms with Gasteiger partial charge in [-0.1, -0.05) is 0 Å². The molecule has 1 saturated heterocycles. The Kier molecular flexibility index (Phi) is 4.79. The summed E-state index contributed by atoms with van der Waals surface area (Å²) in [7, 11) is 0. The molecular weight excluding hydrogens is 332 g/mol. The minimum atomic E-state index is -3.28. The number of ether oxygens (including phenoxy) is 2. The number of urea groups is 1. The van der Waals surface area contributed by atoms with E-state index in [0.29, 0.717) is 31.1 Å². The Bertz CT molecular complexity index is 625. The van der Waals surface area contributed by atoms with Crippen LogP contribution in [0.25, 0.3) is 0 Å². The summed E-state index contributed by atoms with van der Waals surface area (Å²) in [6, 6.07) is 0.155. The molecule has 9 heteroatoms. The molecule has 2 N–H and O–H groups in total. The van der Waals surface area contributed by atoms with Crippen molar-refractivity contribution in [1.82, 2.24) is 5.32 Å². The number of alkyl halides is 2. The monoisotopic (exact) mass is 348 g/mol. The number of halogens is 4. The highest BCUT2D eigenvalue weighted by Gasteiger charge is 2.41. The van der Waals surface area contributed by atoms with Crippen LogP contribution in [-0.4, -0.2) is 31.4 Å². The van der Waals surface area contributed by atoms with Gasteiger partial charge < -0.3 is 20.1 Å². The molecule has 0 radical (unpaired) electrons. The van der Waals surface area contributed by atoms with E-state index in [1.54, 1.807) is 0 Å². The molecule has 1 saturated carbocycles. The van der Waals surface area contributed by atoms with Crippen LogP contribution in [0.15, 0.2) is 12.1 Å². The van der Waals surface area contributed by atoms with E-state index in [1.807, 2.05) is 0 Å². The summed E-state index contributed by atoms with van der Waals surface area (Å²) in [5, 5.41) is 4.85. The molecule has 24 heavy (non-hydrogen) atoms. The van der Waals surface area contributed by atoms with Crippen LogP contribution in [0.3, 0.4) is 0 Å². The largest absolute Gasteiger partial charge is 0.432 e. The summed E-state index contributed by atoms with van der Waals surface area (Å²) in [5.41, 5.74) is -0.464. The summed E-state index contributed by atoms with van der Waals surface area (Å²) in [6.07, 6.45) is 2.69. The van der Waals surface area contributed by atoms with Gasteiger partial charge in [0.2, 0.25) is 0 Å². The number of hydrogen-bond donors (Lipinski definition) is 2. The van der Waals surface area contributed by atoms with Crippen molar-refractivity contribution in [3.63, 3.8) is 0 Å². The lowest BCUT2D eigenvalue weighted by molar-refractivity contribution is -0.0523. The number of nitrogens with one attached hydrogen (secondary N) is 2. The molecule has 1 aromatic carbocycles. The fourth-order valence-corrected chi connectivity index (χ4v) is 2.79. The molecule has 0 spiro atoms. The van der Waals surface area contributed by atoms with Gasteiger partial charge in [-0.15, -0.1) is 0 Å². The number of anilines is 1. The van der Waals surface area contributed by atoms with Gasteiger partial charge in [0.1, 0.15) is 0 Å². The lowest BCUT2D eigenvalue weighted by Gasteiger charge is -2.20. The first-order valence-electron chi connectivity index (χ1n) is 7.57. The number of carbonyl (C=O) groups is 1. The van der Waals surface area contributed by atoms with E-state index in [9.17, 15) is 22.4 Å². The van der Waals surface area contributed by atoms with Crippen molar-refractivity contribution in [2.75, 3.05) is 11.9 Å². The fraction of sp³-hybridized carbons (Fsp3) is 0.533. The topological polar surface area (TPSA) is 59.6 Å². The van der Waals surface area contributed by atoms with Crippen molar-refractivity contribution in [2.24, 2.45) is 5.92 Å². The summed E-state index contributed by atoms with van der Waals surface area (Å²) in [4.78, 5) is 12.0. The molecule has 0 bridgehead atoms. The fourth-order valence-electron chi connectivity index (χ4n) is 2.79. The van der Waals surface area contributed by atoms with Crippen molar-refractivity contribution in [3.8, 4) is 5.75 Å². The summed E-state index contributed by atoms with van der Waals surface area (Å²) in [6.45, 7) is -2.74. The molecule has 1 heterocycles. The Morgan fingerprint density at radius 2 is 1.96 bits per heavy atom. The molecule has 0 unspecified atom stereocenters.